The number of hydrogen-bond donors (Lipinski definition) is 2. The van der Waals surface area contributed by atoms with Gasteiger partial charge in [-0.1, -0.05) is 60.6 Å². The average Bonchev–Trinajstić information content (AvgIpc) is 3.16. The quantitative estimate of drug-likeness (QED) is 0.470. The third-order valence-electron chi connectivity index (χ3n) is 6.40. The minimum Gasteiger partial charge on any atom is -0.392 e. The van der Waals surface area contributed by atoms with Crippen molar-refractivity contribution in [2.45, 2.75) is 57.2 Å². The van der Waals surface area contributed by atoms with Gasteiger partial charge in [-0.15, -0.1) is 0 Å². The second-order valence-corrected chi connectivity index (χ2v) is 8.99. The van der Waals surface area contributed by atoms with Crippen molar-refractivity contribution in [3.8, 4) is 0 Å². The van der Waals surface area contributed by atoms with Crippen molar-refractivity contribution in [2.75, 3.05) is 20.6 Å². The van der Waals surface area contributed by atoms with Crippen molar-refractivity contribution in [3.63, 3.8) is 0 Å². The maximum atomic E-state index is 10.5. The summed E-state index contributed by atoms with van der Waals surface area (Å²) in [6.45, 7) is 1.18. The molecule has 0 aliphatic heterocycles. The minimum atomic E-state index is -0.487. The zero-order valence-electron chi connectivity index (χ0n) is 17.5. The molecular weight excluding hydrogens is 346 g/mol. The lowest BCUT2D eigenvalue weighted by molar-refractivity contribution is 0.140. The Morgan fingerprint density at radius 1 is 1.14 bits per heavy atom. The SMILES string of the molecule is CN(C)CCCCCC1=C[C@H]2C[C@@H](O)[C@H](/C=C/[C@@H](O)Cc3ccccc3)[C@H]2C1. The van der Waals surface area contributed by atoms with Gasteiger partial charge < -0.3 is 15.1 Å². The third-order valence-corrected chi connectivity index (χ3v) is 6.40. The smallest absolute Gasteiger partial charge is 0.0761 e. The van der Waals surface area contributed by atoms with E-state index in [0.29, 0.717) is 18.3 Å². The van der Waals surface area contributed by atoms with Gasteiger partial charge in [-0.3, -0.25) is 0 Å². The molecular formula is C25H37NO2. The van der Waals surface area contributed by atoms with E-state index in [4.69, 9.17) is 0 Å². The van der Waals surface area contributed by atoms with Gasteiger partial charge in [0, 0.05) is 12.3 Å². The summed E-state index contributed by atoms with van der Waals surface area (Å²) < 4.78 is 0. The molecule has 2 aliphatic rings. The predicted molar refractivity (Wildman–Crippen MR) is 116 cm³/mol. The Labute approximate surface area is 170 Å². The monoisotopic (exact) mass is 383 g/mol. The standard InChI is InChI=1S/C25H37NO2/c1-26(2)14-8-4-7-11-20-15-21-18-25(28)23(24(21)17-20)13-12-22(27)16-19-9-5-3-6-10-19/h3,5-6,9-10,12-13,15,21-25,27-28H,4,7-8,11,14,16-18H2,1-2H3/b13-12+/t21-,22+,23+,24-,25+/m0/s1. The summed E-state index contributed by atoms with van der Waals surface area (Å²) in [5.41, 5.74) is 2.73. The van der Waals surface area contributed by atoms with Crippen LogP contribution in [-0.4, -0.2) is 48.0 Å². The van der Waals surface area contributed by atoms with Crippen LogP contribution in [0.3, 0.4) is 0 Å². The summed E-state index contributed by atoms with van der Waals surface area (Å²) >= 11 is 0. The zero-order valence-corrected chi connectivity index (χ0v) is 17.5. The molecule has 2 aliphatic carbocycles. The maximum Gasteiger partial charge on any atom is 0.0761 e. The number of aliphatic hydroxyl groups excluding tert-OH is 2. The molecule has 0 spiro atoms. The number of aliphatic hydroxyl groups is 2. The highest BCUT2D eigenvalue weighted by Crippen LogP contribution is 2.48. The largest absolute Gasteiger partial charge is 0.392 e. The van der Waals surface area contributed by atoms with E-state index in [1.165, 1.54) is 32.2 Å². The van der Waals surface area contributed by atoms with E-state index < -0.39 is 6.10 Å². The van der Waals surface area contributed by atoms with Crippen LogP contribution in [-0.2, 0) is 6.42 Å². The molecule has 154 valence electrons. The Hall–Kier alpha value is -1.42. The van der Waals surface area contributed by atoms with E-state index in [1.807, 2.05) is 36.4 Å². The molecule has 0 amide bonds. The van der Waals surface area contributed by atoms with Gasteiger partial charge in [0.05, 0.1) is 12.2 Å². The Balaban J connectivity index is 1.46. The fourth-order valence-corrected chi connectivity index (χ4v) is 4.93. The lowest BCUT2D eigenvalue weighted by Gasteiger charge is -2.19. The van der Waals surface area contributed by atoms with E-state index in [9.17, 15) is 10.2 Å². The van der Waals surface area contributed by atoms with Crippen LogP contribution >= 0.6 is 0 Å². The van der Waals surface area contributed by atoms with Crippen LogP contribution in [0.4, 0.5) is 0 Å². The Bertz CT molecular complexity index is 652. The number of nitrogens with zero attached hydrogens (tertiary/aromatic N) is 1. The number of allylic oxidation sites excluding steroid dienone is 2. The van der Waals surface area contributed by atoms with E-state index >= 15 is 0 Å². The van der Waals surface area contributed by atoms with Gasteiger partial charge in [0.1, 0.15) is 0 Å². The second kappa shape index (κ2) is 10.4. The fourth-order valence-electron chi connectivity index (χ4n) is 4.93. The van der Waals surface area contributed by atoms with E-state index in [-0.39, 0.29) is 12.0 Å². The van der Waals surface area contributed by atoms with Crippen LogP contribution in [0.5, 0.6) is 0 Å². The molecule has 1 fully saturated rings. The number of fused-ring (bicyclic) bond motifs is 1. The van der Waals surface area contributed by atoms with Gasteiger partial charge in [-0.2, -0.15) is 0 Å². The summed E-state index contributed by atoms with van der Waals surface area (Å²) in [5, 5.41) is 20.9. The summed E-state index contributed by atoms with van der Waals surface area (Å²) in [6, 6.07) is 10.1. The van der Waals surface area contributed by atoms with Crippen molar-refractivity contribution in [2.24, 2.45) is 17.8 Å². The molecule has 0 saturated heterocycles. The third kappa shape index (κ3) is 6.04. The average molecular weight is 384 g/mol. The van der Waals surface area contributed by atoms with Crippen LogP contribution in [0.1, 0.15) is 44.1 Å². The Morgan fingerprint density at radius 3 is 2.68 bits per heavy atom. The van der Waals surface area contributed by atoms with Crippen molar-refractivity contribution in [1.29, 1.82) is 0 Å². The van der Waals surface area contributed by atoms with Crippen LogP contribution < -0.4 is 0 Å². The predicted octanol–water partition coefficient (Wildman–Crippen LogP) is 4.21. The Kier molecular flexibility index (Phi) is 7.90. The van der Waals surface area contributed by atoms with Gasteiger partial charge in [-0.25, -0.2) is 0 Å². The van der Waals surface area contributed by atoms with Crippen LogP contribution in [0.2, 0.25) is 0 Å². The fraction of sp³-hybridized carbons (Fsp3) is 0.600. The normalized spacial score (nSPS) is 28.1. The molecule has 2 N–H and O–H groups in total. The zero-order chi connectivity index (χ0) is 19.9. The number of rotatable bonds is 10. The number of hydrogen-bond acceptors (Lipinski definition) is 3. The van der Waals surface area contributed by atoms with Crippen molar-refractivity contribution in [1.82, 2.24) is 4.90 Å². The first kappa shape index (κ1) is 21.3. The first-order valence-electron chi connectivity index (χ1n) is 11.0. The van der Waals surface area contributed by atoms with Gasteiger partial charge in [-0.05, 0) is 70.1 Å². The van der Waals surface area contributed by atoms with Crippen molar-refractivity contribution < 1.29 is 10.2 Å². The van der Waals surface area contributed by atoms with Crippen LogP contribution in [0.15, 0.2) is 54.1 Å². The van der Waals surface area contributed by atoms with Gasteiger partial charge in [0.2, 0.25) is 0 Å². The lowest BCUT2D eigenvalue weighted by atomic mass is 9.88. The highest BCUT2D eigenvalue weighted by molar-refractivity contribution is 5.21. The first-order valence-corrected chi connectivity index (χ1v) is 11.0. The molecule has 5 atom stereocenters. The molecule has 3 heteroatoms. The molecule has 0 unspecified atom stereocenters. The summed E-state index contributed by atoms with van der Waals surface area (Å²) in [7, 11) is 4.27. The first-order chi connectivity index (χ1) is 13.5. The van der Waals surface area contributed by atoms with Gasteiger partial charge in [0.25, 0.3) is 0 Å². The van der Waals surface area contributed by atoms with Crippen LogP contribution in [0, 0.1) is 17.8 Å². The molecule has 3 rings (SSSR count). The molecule has 28 heavy (non-hydrogen) atoms. The minimum absolute atomic E-state index is 0.179. The highest BCUT2D eigenvalue weighted by Gasteiger charge is 2.43. The number of benzene rings is 1. The van der Waals surface area contributed by atoms with E-state index in [1.54, 1.807) is 5.57 Å². The highest BCUT2D eigenvalue weighted by atomic mass is 16.3. The topological polar surface area (TPSA) is 43.7 Å². The second-order valence-electron chi connectivity index (χ2n) is 8.99. The van der Waals surface area contributed by atoms with E-state index in [2.05, 4.69) is 31.1 Å². The lowest BCUT2D eigenvalue weighted by Crippen LogP contribution is -2.18. The maximum absolute atomic E-state index is 10.5. The van der Waals surface area contributed by atoms with Crippen LogP contribution in [0.25, 0.3) is 0 Å². The summed E-state index contributed by atoms with van der Waals surface area (Å²) in [6.07, 6.45) is 13.4. The molecule has 1 aromatic carbocycles. The van der Waals surface area contributed by atoms with E-state index in [0.717, 1.165) is 18.4 Å². The van der Waals surface area contributed by atoms with Crippen molar-refractivity contribution >= 4 is 0 Å². The Morgan fingerprint density at radius 2 is 1.93 bits per heavy atom. The van der Waals surface area contributed by atoms with Gasteiger partial charge >= 0.3 is 0 Å². The number of unbranched alkanes of at least 4 members (excludes halogenated alkanes) is 2. The molecule has 0 bridgehead atoms. The summed E-state index contributed by atoms with van der Waals surface area (Å²) in [5.74, 6) is 1.22. The molecule has 1 saturated carbocycles. The van der Waals surface area contributed by atoms with Gasteiger partial charge in [0.15, 0.2) is 0 Å². The van der Waals surface area contributed by atoms with Crippen molar-refractivity contribution in [3.05, 3.63) is 59.7 Å². The molecule has 1 aromatic rings. The molecule has 0 heterocycles. The molecule has 0 aromatic heterocycles. The summed E-state index contributed by atoms with van der Waals surface area (Å²) in [4.78, 5) is 2.25. The molecule has 3 nitrogen and oxygen atoms in total. The molecule has 0 radical (unpaired) electrons.